The second-order valence-corrected chi connectivity index (χ2v) is 4.40. The number of nitrogens with two attached hydrogens (primary N) is 1. The van der Waals surface area contributed by atoms with E-state index in [9.17, 15) is 4.79 Å². The Morgan fingerprint density at radius 2 is 1.95 bits per heavy atom. The Balaban J connectivity index is 2.06. The zero-order chi connectivity index (χ0) is 14.1. The van der Waals surface area contributed by atoms with Crippen LogP contribution in [-0.2, 0) is 0 Å². The van der Waals surface area contributed by atoms with E-state index in [1.807, 2.05) is 12.1 Å². The average molecular weight is 268 g/mol. The van der Waals surface area contributed by atoms with E-state index in [1.165, 1.54) is 0 Å². The molecule has 0 aliphatic heterocycles. The number of anilines is 1. The Hall–Kier alpha value is -2.66. The van der Waals surface area contributed by atoms with E-state index < -0.39 is 6.61 Å². The van der Waals surface area contributed by atoms with Crippen molar-refractivity contribution in [1.82, 2.24) is 4.98 Å². The molecule has 0 fully saturated rings. The smallest absolute Gasteiger partial charge is 0.227 e. The standard InChI is InChI=1S/C15H12N2O3/c16-11-4-1-9(2-5-11)15-17-12-7-10(13(19)8-18)3-6-14(12)20-15/h1-7,18H,8,16H2. The third-order valence-corrected chi connectivity index (χ3v) is 3.01. The largest absolute Gasteiger partial charge is 0.436 e. The monoisotopic (exact) mass is 268 g/mol. The van der Waals surface area contributed by atoms with Crippen molar-refractivity contribution < 1.29 is 14.3 Å². The zero-order valence-electron chi connectivity index (χ0n) is 10.5. The fourth-order valence-electron chi connectivity index (χ4n) is 1.94. The predicted octanol–water partition coefficient (Wildman–Crippen LogP) is 2.25. The minimum Gasteiger partial charge on any atom is -0.436 e. The molecule has 0 aliphatic rings. The van der Waals surface area contributed by atoms with Crippen LogP contribution in [0.5, 0.6) is 0 Å². The van der Waals surface area contributed by atoms with Crippen LogP contribution in [0.15, 0.2) is 46.9 Å². The van der Waals surface area contributed by atoms with Gasteiger partial charge in [0.1, 0.15) is 12.1 Å². The highest BCUT2D eigenvalue weighted by Crippen LogP contribution is 2.25. The molecule has 0 radical (unpaired) electrons. The van der Waals surface area contributed by atoms with Crippen molar-refractivity contribution in [3.05, 3.63) is 48.0 Å². The molecular weight excluding hydrogens is 256 g/mol. The van der Waals surface area contributed by atoms with E-state index in [1.54, 1.807) is 30.3 Å². The summed E-state index contributed by atoms with van der Waals surface area (Å²) in [5.41, 5.74) is 8.70. The fourth-order valence-corrected chi connectivity index (χ4v) is 1.94. The number of Topliss-reactive ketones (excluding diaryl/α,β-unsaturated/α-hetero) is 1. The van der Waals surface area contributed by atoms with Crippen LogP contribution >= 0.6 is 0 Å². The number of oxazole rings is 1. The van der Waals surface area contributed by atoms with Crippen molar-refractivity contribution >= 4 is 22.6 Å². The molecule has 0 saturated carbocycles. The van der Waals surface area contributed by atoms with E-state index in [4.69, 9.17) is 15.3 Å². The SMILES string of the molecule is Nc1ccc(-c2nc3cc(C(=O)CO)ccc3o2)cc1. The topological polar surface area (TPSA) is 89.3 Å². The molecule has 2 aromatic carbocycles. The number of aliphatic hydroxyl groups is 1. The summed E-state index contributed by atoms with van der Waals surface area (Å²) in [6.07, 6.45) is 0. The molecule has 0 bridgehead atoms. The second-order valence-electron chi connectivity index (χ2n) is 4.40. The Morgan fingerprint density at radius 3 is 2.65 bits per heavy atom. The molecule has 0 spiro atoms. The van der Waals surface area contributed by atoms with Crippen LogP contribution in [0.4, 0.5) is 5.69 Å². The van der Waals surface area contributed by atoms with E-state index in [-0.39, 0.29) is 5.78 Å². The molecule has 3 aromatic rings. The molecule has 0 saturated heterocycles. The highest BCUT2D eigenvalue weighted by Gasteiger charge is 2.11. The number of aliphatic hydroxyl groups excluding tert-OH is 1. The first kappa shape index (κ1) is 12.4. The summed E-state index contributed by atoms with van der Waals surface area (Å²) < 4.78 is 5.64. The molecule has 0 atom stereocenters. The van der Waals surface area contributed by atoms with Gasteiger partial charge in [-0.3, -0.25) is 4.79 Å². The van der Waals surface area contributed by atoms with E-state index >= 15 is 0 Å². The Kier molecular flexibility index (Phi) is 2.96. The third-order valence-electron chi connectivity index (χ3n) is 3.01. The molecule has 1 aromatic heterocycles. The number of fused-ring (bicyclic) bond motifs is 1. The lowest BCUT2D eigenvalue weighted by molar-refractivity contribution is 0.0904. The lowest BCUT2D eigenvalue weighted by atomic mass is 10.1. The summed E-state index contributed by atoms with van der Waals surface area (Å²) in [5, 5.41) is 8.86. The Morgan fingerprint density at radius 1 is 1.20 bits per heavy atom. The molecule has 20 heavy (non-hydrogen) atoms. The van der Waals surface area contributed by atoms with E-state index in [0.717, 1.165) is 5.56 Å². The van der Waals surface area contributed by atoms with Crippen molar-refractivity contribution in [2.24, 2.45) is 0 Å². The maximum absolute atomic E-state index is 11.4. The van der Waals surface area contributed by atoms with E-state index in [2.05, 4.69) is 4.98 Å². The van der Waals surface area contributed by atoms with Gasteiger partial charge in [0.25, 0.3) is 0 Å². The molecule has 3 rings (SSSR count). The first-order valence-electron chi connectivity index (χ1n) is 6.08. The van der Waals surface area contributed by atoms with Gasteiger partial charge in [0, 0.05) is 16.8 Å². The molecule has 0 unspecified atom stereocenters. The van der Waals surface area contributed by atoms with Gasteiger partial charge in [-0.2, -0.15) is 0 Å². The van der Waals surface area contributed by atoms with E-state index in [0.29, 0.717) is 28.2 Å². The van der Waals surface area contributed by atoms with Crippen molar-refractivity contribution in [2.75, 3.05) is 12.3 Å². The summed E-state index contributed by atoms with van der Waals surface area (Å²) in [4.78, 5) is 15.8. The lowest BCUT2D eigenvalue weighted by Crippen LogP contribution is -2.03. The van der Waals surface area contributed by atoms with Gasteiger partial charge in [0.15, 0.2) is 11.4 Å². The van der Waals surface area contributed by atoms with Crippen LogP contribution in [-0.4, -0.2) is 22.5 Å². The van der Waals surface area contributed by atoms with Crippen molar-refractivity contribution in [3.63, 3.8) is 0 Å². The number of hydrogen-bond donors (Lipinski definition) is 2. The first-order chi connectivity index (χ1) is 9.67. The number of benzene rings is 2. The number of ketones is 1. The number of aromatic nitrogens is 1. The molecule has 3 N–H and O–H groups in total. The molecule has 100 valence electrons. The fraction of sp³-hybridized carbons (Fsp3) is 0.0667. The van der Waals surface area contributed by atoms with Gasteiger partial charge < -0.3 is 15.3 Å². The third kappa shape index (κ3) is 2.15. The number of hydrogen-bond acceptors (Lipinski definition) is 5. The van der Waals surface area contributed by atoms with Crippen LogP contribution < -0.4 is 5.73 Å². The summed E-state index contributed by atoms with van der Waals surface area (Å²) in [5.74, 6) is 0.123. The Bertz CT molecular complexity index is 775. The number of nitrogen functional groups attached to an aromatic ring is 1. The number of rotatable bonds is 3. The summed E-state index contributed by atoms with van der Waals surface area (Å²) >= 11 is 0. The molecule has 0 amide bonds. The lowest BCUT2D eigenvalue weighted by Gasteiger charge is -1.95. The zero-order valence-corrected chi connectivity index (χ0v) is 10.5. The number of carbonyl (C=O) groups is 1. The molecule has 5 heteroatoms. The van der Waals surface area contributed by atoms with Crippen molar-refractivity contribution in [1.29, 1.82) is 0 Å². The average Bonchev–Trinajstić information content (AvgIpc) is 2.90. The number of nitrogens with zero attached hydrogens (tertiary/aromatic N) is 1. The number of carbonyl (C=O) groups excluding carboxylic acids is 1. The van der Waals surface area contributed by atoms with Crippen LogP contribution in [0.25, 0.3) is 22.6 Å². The van der Waals surface area contributed by atoms with Gasteiger partial charge in [-0.25, -0.2) is 4.98 Å². The first-order valence-corrected chi connectivity index (χ1v) is 6.08. The van der Waals surface area contributed by atoms with Gasteiger partial charge in [-0.05, 0) is 42.5 Å². The van der Waals surface area contributed by atoms with Crippen LogP contribution in [0.3, 0.4) is 0 Å². The predicted molar refractivity (Wildman–Crippen MR) is 75.3 cm³/mol. The molecule has 5 nitrogen and oxygen atoms in total. The molecule has 1 heterocycles. The maximum atomic E-state index is 11.4. The molecular formula is C15H12N2O3. The summed E-state index contributed by atoms with van der Waals surface area (Å²) in [6.45, 7) is -0.520. The van der Waals surface area contributed by atoms with Gasteiger partial charge in [-0.15, -0.1) is 0 Å². The van der Waals surface area contributed by atoms with Gasteiger partial charge >= 0.3 is 0 Å². The Labute approximate surface area is 114 Å². The van der Waals surface area contributed by atoms with Gasteiger partial charge in [-0.1, -0.05) is 0 Å². The van der Waals surface area contributed by atoms with Crippen molar-refractivity contribution in [2.45, 2.75) is 0 Å². The highest BCUT2D eigenvalue weighted by molar-refractivity contribution is 5.99. The van der Waals surface area contributed by atoms with Crippen LogP contribution in [0.2, 0.25) is 0 Å². The summed E-state index contributed by atoms with van der Waals surface area (Å²) in [7, 11) is 0. The second kappa shape index (κ2) is 4.79. The minimum absolute atomic E-state index is 0.344. The van der Waals surface area contributed by atoms with Crippen LogP contribution in [0, 0.1) is 0 Å². The normalized spacial score (nSPS) is 10.8. The van der Waals surface area contributed by atoms with Crippen molar-refractivity contribution in [3.8, 4) is 11.5 Å². The highest BCUT2D eigenvalue weighted by atomic mass is 16.3. The molecule has 0 aliphatic carbocycles. The maximum Gasteiger partial charge on any atom is 0.227 e. The van der Waals surface area contributed by atoms with Gasteiger partial charge in [0.05, 0.1) is 0 Å². The van der Waals surface area contributed by atoms with Crippen LogP contribution in [0.1, 0.15) is 10.4 Å². The summed E-state index contributed by atoms with van der Waals surface area (Å²) in [6, 6.07) is 12.1. The quantitative estimate of drug-likeness (QED) is 0.561. The van der Waals surface area contributed by atoms with Gasteiger partial charge in [0.2, 0.25) is 5.89 Å². The minimum atomic E-state index is -0.520.